The minimum atomic E-state index is -1.14. The molecule has 0 spiro atoms. The summed E-state index contributed by atoms with van der Waals surface area (Å²) in [7, 11) is 0. The fourth-order valence-corrected chi connectivity index (χ4v) is 2.59. The first kappa shape index (κ1) is 19.2. The maximum atomic E-state index is 12.4. The first-order valence-electron chi connectivity index (χ1n) is 8.34. The van der Waals surface area contributed by atoms with Crippen molar-refractivity contribution in [1.29, 1.82) is 5.26 Å². The number of benzene rings is 2. The van der Waals surface area contributed by atoms with Crippen LogP contribution >= 0.6 is 0 Å². The second-order valence-electron chi connectivity index (χ2n) is 7.16. The number of amides is 1. The van der Waals surface area contributed by atoms with Crippen molar-refractivity contribution in [2.75, 3.05) is 0 Å². The molecule has 0 fully saturated rings. The molecular formula is C21H22N2O3. The molecule has 0 bridgehead atoms. The summed E-state index contributed by atoms with van der Waals surface area (Å²) in [4.78, 5) is 24.0. The molecule has 1 amide bonds. The van der Waals surface area contributed by atoms with Gasteiger partial charge in [-0.1, -0.05) is 51.1 Å². The first-order chi connectivity index (χ1) is 12.2. The fraction of sp³-hybridized carbons (Fsp3) is 0.286. The molecule has 5 heteroatoms. The van der Waals surface area contributed by atoms with Gasteiger partial charge >= 0.3 is 5.97 Å². The Morgan fingerprint density at radius 1 is 1.12 bits per heavy atom. The maximum Gasteiger partial charge on any atom is 0.326 e. The minimum Gasteiger partial charge on any atom is -0.480 e. The third-order valence-electron chi connectivity index (χ3n) is 4.18. The van der Waals surface area contributed by atoms with Gasteiger partial charge in [0.05, 0.1) is 11.6 Å². The predicted octanol–water partition coefficient (Wildman–Crippen LogP) is 3.28. The summed E-state index contributed by atoms with van der Waals surface area (Å²) in [5, 5.41) is 21.1. The summed E-state index contributed by atoms with van der Waals surface area (Å²) in [5.74, 6) is -1.59. The fourth-order valence-electron chi connectivity index (χ4n) is 2.59. The summed E-state index contributed by atoms with van der Waals surface area (Å²) < 4.78 is 0. The Hall–Kier alpha value is -3.13. The van der Waals surface area contributed by atoms with E-state index < -0.39 is 17.9 Å². The molecule has 0 saturated carbocycles. The summed E-state index contributed by atoms with van der Waals surface area (Å²) >= 11 is 0. The molecule has 5 nitrogen and oxygen atoms in total. The molecule has 0 radical (unpaired) electrons. The van der Waals surface area contributed by atoms with Crippen LogP contribution in [0.25, 0.3) is 0 Å². The van der Waals surface area contributed by atoms with Crippen molar-refractivity contribution >= 4 is 11.9 Å². The van der Waals surface area contributed by atoms with Crippen LogP contribution in [0.1, 0.15) is 47.8 Å². The smallest absolute Gasteiger partial charge is 0.326 e. The lowest BCUT2D eigenvalue weighted by atomic mass is 9.86. The van der Waals surface area contributed by atoms with Crippen molar-refractivity contribution in [3.05, 3.63) is 70.8 Å². The van der Waals surface area contributed by atoms with E-state index in [4.69, 9.17) is 5.26 Å². The standard InChI is InChI=1S/C21H22N2O3/c1-21(2,3)17-10-8-14(9-11-17)19(24)23-18(20(25)26)12-15-6-4-5-7-16(15)13-22/h4-11,18H,12H2,1-3H3,(H,23,24)(H,25,26)/t18-/m1/s1. The Balaban J connectivity index is 2.16. The van der Waals surface area contributed by atoms with E-state index in [0.29, 0.717) is 16.7 Å². The van der Waals surface area contributed by atoms with Gasteiger partial charge in [0, 0.05) is 12.0 Å². The highest BCUT2D eigenvalue weighted by Crippen LogP contribution is 2.22. The monoisotopic (exact) mass is 350 g/mol. The van der Waals surface area contributed by atoms with E-state index in [-0.39, 0.29) is 11.8 Å². The number of nitrogens with one attached hydrogen (secondary N) is 1. The van der Waals surface area contributed by atoms with Crippen LogP contribution in [0.5, 0.6) is 0 Å². The van der Waals surface area contributed by atoms with E-state index in [2.05, 4.69) is 26.1 Å². The van der Waals surface area contributed by atoms with Gasteiger partial charge in [0.2, 0.25) is 0 Å². The van der Waals surface area contributed by atoms with Crippen LogP contribution in [0.2, 0.25) is 0 Å². The van der Waals surface area contributed by atoms with Crippen LogP contribution in [-0.2, 0) is 16.6 Å². The highest BCUT2D eigenvalue weighted by atomic mass is 16.4. The molecule has 134 valence electrons. The Labute approximate surface area is 153 Å². The second-order valence-corrected chi connectivity index (χ2v) is 7.16. The van der Waals surface area contributed by atoms with Crippen molar-refractivity contribution < 1.29 is 14.7 Å². The Morgan fingerprint density at radius 2 is 1.73 bits per heavy atom. The first-order valence-corrected chi connectivity index (χ1v) is 8.34. The van der Waals surface area contributed by atoms with Gasteiger partial charge in [-0.05, 0) is 34.7 Å². The molecular weight excluding hydrogens is 328 g/mol. The summed E-state index contributed by atoms with van der Waals surface area (Å²) in [6, 6.07) is 14.8. The number of hydrogen-bond donors (Lipinski definition) is 2. The number of carbonyl (C=O) groups is 2. The molecule has 2 N–H and O–H groups in total. The number of carboxylic acids is 1. The number of nitrogens with zero attached hydrogens (tertiary/aromatic N) is 1. The molecule has 0 saturated heterocycles. The summed E-state index contributed by atoms with van der Waals surface area (Å²) in [5.41, 5.74) is 2.46. The Bertz CT molecular complexity index is 843. The van der Waals surface area contributed by atoms with E-state index in [0.717, 1.165) is 5.56 Å². The molecule has 0 aliphatic heterocycles. The predicted molar refractivity (Wildman–Crippen MR) is 98.9 cm³/mol. The molecule has 2 rings (SSSR count). The third-order valence-corrected chi connectivity index (χ3v) is 4.18. The van der Waals surface area contributed by atoms with Gasteiger partial charge in [-0.25, -0.2) is 4.79 Å². The van der Waals surface area contributed by atoms with Crippen molar-refractivity contribution in [1.82, 2.24) is 5.32 Å². The number of hydrogen-bond acceptors (Lipinski definition) is 3. The molecule has 0 aromatic heterocycles. The average Bonchev–Trinajstić information content (AvgIpc) is 2.60. The molecule has 2 aromatic carbocycles. The lowest BCUT2D eigenvalue weighted by molar-refractivity contribution is -0.139. The second kappa shape index (κ2) is 7.83. The number of nitriles is 1. The molecule has 0 aliphatic carbocycles. The van der Waals surface area contributed by atoms with Crippen LogP contribution in [0.3, 0.4) is 0 Å². The van der Waals surface area contributed by atoms with Gasteiger partial charge in [-0.2, -0.15) is 5.26 Å². The van der Waals surface area contributed by atoms with Crippen LogP contribution in [0.4, 0.5) is 0 Å². The normalized spacial score (nSPS) is 12.1. The molecule has 26 heavy (non-hydrogen) atoms. The Kier molecular flexibility index (Phi) is 5.78. The van der Waals surface area contributed by atoms with Crippen LogP contribution in [0, 0.1) is 11.3 Å². The van der Waals surface area contributed by atoms with Crippen molar-refractivity contribution in [3.63, 3.8) is 0 Å². The minimum absolute atomic E-state index is 0.0282. The molecule has 0 unspecified atom stereocenters. The van der Waals surface area contributed by atoms with E-state index >= 15 is 0 Å². The topological polar surface area (TPSA) is 90.2 Å². The zero-order valence-electron chi connectivity index (χ0n) is 15.1. The third kappa shape index (κ3) is 4.70. The summed E-state index contributed by atoms with van der Waals surface area (Å²) in [6.45, 7) is 6.24. The molecule has 0 aliphatic rings. The number of carboxylic acid groups (broad SMARTS) is 1. The van der Waals surface area contributed by atoms with Gasteiger partial charge in [0.1, 0.15) is 6.04 Å². The number of rotatable bonds is 5. The van der Waals surface area contributed by atoms with Crippen LogP contribution in [0.15, 0.2) is 48.5 Å². The molecule has 1 atom stereocenters. The highest BCUT2D eigenvalue weighted by Gasteiger charge is 2.22. The maximum absolute atomic E-state index is 12.4. The molecule has 2 aromatic rings. The van der Waals surface area contributed by atoms with Crippen molar-refractivity contribution in [2.24, 2.45) is 0 Å². The quantitative estimate of drug-likeness (QED) is 0.866. The van der Waals surface area contributed by atoms with E-state index in [1.165, 1.54) is 0 Å². The van der Waals surface area contributed by atoms with Crippen molar-refractivity contribution in [3.8, 4) is 6.07 Å². The van der Waals surface area contributed by atoms with Gasteiger partial charge in [-0.3, -0.25) is 4.79 Å². The zero-order chi connectivity index (χ0) is 19.3. The lowest BCUT2D eigenvalue weighted by Gasteiger charge is -2.19. The average molecular weight is 350 g/mol. The van der Waals surface area contributed by atoms with E-state index in [1.54, 1.807) is 36.4 Å². The van der Waals surface area contributed by atoms with Gasteiger partial charge in [-0.15, -0.1) is 0 Å². The SMILES string of the molecule is CC(C)(C)c1ccc(C(=O)N[C@H](Cc2ccccc2C#N)C(=O)O)cc1. The van der Waals surface area contributed by atoms with Crippen LogP contribution < -0.4 is 5.32 Å². The molecule has 0 heterocycles. The zero-order valence-corrected chi connectivity index (χ0v) is 15.1. The van der Waals surface area contributed by atoms with E-state index in [9.17, 15) is 14.7 Å². The summed E-state index contributed by atoms with van der Waals surface area (Å²) in [6.07, 6.45) is 0.0465. The van der Waals surface area contributed by atoms with Crippen LogP contribution in [-0.4, -0.2) is 23.0 Å². The number of carbonyl (C=O) groups excluding carboxylic acids is 1. The van der Waals surface area contributed by atoms with Crippen molar-refractivity contribution in [2.45, 2.75) is 38.6 Å². The van der Waals surface area contributed by atoms with E-state index in [1.807, 2.05) is 18.2 Å². The van der Waals surface area contributed by atoms with Gasteiger partial charge in [0.25, 0.3) is 5.91 Å². The Morgan fingerprint density at radius 3 is 2.27 bits per heavy atom. The van der Waals surface area contributed by atoms with Gasteiger partial charge in [0.15, 0.2) is 0 Å². The number of aliphatic carboxylic acids is 1. The largest absolute Gasteiger partial charge is 0.480 e. The van der Waals surface area contributed by atoms with Gasteiger partial charge < -0.3 is 10.4 Å². The highest BCUT2D eigenvalue weighted by molar-refractivity contribution is 5.96. The lowest BCUT2D eigenvalue weighted by Crippen LogP contribution is -2.42.